The van der Waals surface area contributed by atoms with E-state index in [9.17, 15) is 0 Å². The minimum atomic E-state index is 0.501. The maximum Gasteiger partial charge on any atom is 0.151 e. The Labute approximate surface area is 109 Å². The molecule has 0 saturated carbocycles. The van der Waals surface area contributed by atoms with E-state index >= 15 is 0 Å². The van der Waals surface area contributed by atoms with E-state index in [1.165, 1.54) is 0 Å². The molecule has 2 N–H and O–H groups in total. The number of nitrogens with two attached hydrogens (primary N) is 1. The van der Waals surface area contributed by atoms with Crippen LogP contribution in [0.25, 0.3) is 0 Å². The van der Waals surface area contributed by atoms with E-state index in [0.29, 0.717) is 11.3 Å². The first-order valence-electron chi connectivity index (χ1n) is 6.13. The number of nitrogen functional groups attached to an aromatic ring is 1. The van der Waals surface area contributed by atoms with Gasteiger partial charge in [-0.1, -0.05) is 0 Å². The van der Waals surface area contributed by atoms with Crippen LogP contribution in [-0.2, 0) is 0 Å². The molecule has 0 spiro atoms. The predicted molar refractivity (Wildman–Crippen MR) is 74.4 cm³/mol. The van der Waals surface area contributed by atoms with Gasteiger partial charge in [0.2, 0.25) is 0 Å². The van der Waals surface area contributed by atoms with Crippen LogP contribution in [0.1, 0.15) is 18.9 Å². The summed E-state index contributed by atoms with van der Waals surface area (Å²) in [6, 6.07) is 3.72. The molecule has 5 nitrogen and oxygen atoms in total. The summed E-state index contributed by atoms with van der Waals surface area (Å²) >= 11 is 0. The molecule has 0 amide bonds. The van der Waals surface area contributed by atoms with Gasteiger partial charge in [-0.25, -0.2) is 4.98 Å². The lowest BCUT2D eigenvalue weighted by Gasteiger charge is -2.24. The van der Waals surface area contributed by atoms with Gasteiger partial charge in [-0.3, -0.25) is 0 Å². The Hall–Kier alpha value is -1.80. The summed E-state index contributed by atoms with van der Waals surface area (Å²) in [5, 5.41) is 8.79. The van der Waals surface area contributed by atoms with Gasteiger partial charge in [0.1, 0.15) is 6.07 Å². The van der Waals surface area contributed by atoms with Crippen LogP contribution >= 0.6 is 0 Å². The summed E-state index contributed by atoms with van der Waals surface area (Å²) in [5.74, 6) is 0.773. The number of hydrogen-bond acceptors (Lipinski definition) is 5. The third kappa shape index (κ3) is 3.90. The summed E-state index contributed by atoms with van der Waals surface area (Å²) in [6.07, 6.45) is 2.63. The van der Waals surface area contributed by atoms with Crippen LogP contribution in [-0.4, -0.2) is 43.6 Å². The zero-order chi connectivity index (χ0) is 13.5. The standard InChI is InChI=1S/C13H21N5/c1-4-18(7-5-6-17(2)3)13-12(15)8-11(9-14)10-16-13/h8,10H,4-7,15H2,1-3H3. The lowest BCUT2D eigenvalue weighted by atomic mass is 10.2. The number of aromatic nitrogens is 1. The molecule has 5 heteroatoms. The van der Waals surface area contributed by atoms with Crippen molar-refractivity contribution in [1.29, 1.82) is 5.26 Å². The van der Waals surface area contributed by atoms with Gasteiger partial charge in [0.25, 0.3) is 0 Å². The molecule has 1 rings (SSSR count). The number of hydrogen-bond donors (Lipinski definition) is 1. The first-order valence-corrected chi connectivity index (χ1v) is 6.13. The lowest BCUT2D eigenvalue weighted by molar-refractivity contribution is 0.400. The topological polar surface area (TPSA) is 69.2 Å². The molecule has 1 aromatic rings. The highest BCUT2D eigenvalue weighted by atomic mass is 15.2. The molecule has 0 saturated heterocycles. The van der Waals surface area contributed by atoms with Gasteiger partial charge in [-0.15, -0.1) is 0 Å². The van der Waals surface area contributed by atoms with Gasteiger partial charge in [0.05, 0.1) is 11.3 Å². The average Bonchev–Trinajstić information content (AvgIpc) is 2.35. The zero-order valence-electron chi connectivity index (χ0n) is 11.3. The highest BCUT2D eigenvalue weighted by molar-refractivity contribution is 5.64. The van der Waals surface area contributed by atoms with Crippen molar-refractivity contribution in [1.82, 2.24) is 9.88 Å². The largest absolute Gasteiger partial charge is 0.396 e. The number of nitrogens with zero attached hydrogens (tertiary/aromatic N) is 4. The van der Waals surface area contributed by atoms with Gasteiger partial charge in [0.15, 0.2) is 5.82 Å². The maximum absolute atomic E-state index is 8.79. The van der Waals surface area contributed by atoms with E-state index in [-0.39, 0.29) is 0 Å². The van der Waals surface area contributed by atoms with Gasteiger partial charge >= 0.3 is 0 Å². The fourth-order valence-electron chi connectivity index (χ4n) is 1.79. The average molecular weight is 247 g/mol. The number of rotatable bonds is 6. The summed E-state index contributed by atoms with van der Waals surface area (Å²) in [4.78, 5) is 8.58. The number of anilines is 2. The van der Waals surface area contributed by atoms with Gasteiger partial charge in [-0.05, 0) is 40.1 Å². The maximum atomic E-state index is 8.79. The third-order valence-corrected chi connectivity index (χ3v) is 2.74. The van der Waals surface area contributed by atoms with Crippen LogP contribution in [0.3, 0.4) is 0 Å². The van der Waals surface area contributed by atoms with Crippen molar-refractivity contribution in [2.45, 2.75) is 13.3 Å². The number of nitriles is 1. The molecular weight excluding hydrogens is 226 g/mol. The first-order chi connectivity index (χ1) is 8.58. The van der Waals surface area contributed by atoms with E-state index in [0.717, 1.165) is 31.9 Å². The van der Waals surface area contributed by atoms with Crippen LogP contribution < -0.4 is 10.6 Å². The minimum Gasteiger partial charge on any atom is -0.396 e. The van der Waals surface area contributed by atoms with E-state index in [2.05, 4.69) is 35.8 Å². The predicted octanol–water partition coefficient (Wildman–Crippen LogP) is 1.31. The Morgan fingerprint density at radius 1 is 1.39 bits per heavy atom. The molecule has 0 atom stereocenters. The summed E-state index contributed by atoms with van der Waals surface area (Å²) < 4.78 is 0. The second-order valence-corrected chi connectivity index (χ2v) is 4.49. The molecule has 0 unspecified atom stereocenters. The normalized spacial score (nSPS) is 10.4. The highest BCUT2D eigenvalue weighted by Gasteiger charge is 2.10. The van der Waals surface area contributed by atoms with Crippen molar-refractivity contribution >= 4 is 11.5 Å². The quantitative estimate of drug-likeness (QED) is 0.821. The first kappa shape index (κ1) is 14.3. The molecule has 0 aliphatic carbocycles. The van der Waals surface area contributed by atoms with E-state index in [1.54, 1.807) is 12.3 Å². The molecule has 1 heterocycles. The third-order valence-electron chi connectivity index (χ3n) is 2.74. The van der Waals surface area contributed by atoms with Crippen LogP contribution in [0.2, 0.25) is 0 Å². The minimum absolute atomic E-state index is 0.501. The monoisotopic (exact) mass is 247 g/mol. The van der Waals surface area contributed by atoms with E-state index in [1.807, 2.05) is 6.07 Å². The lowest BCUT2D eigenvalue weighted by Crippen LogP contribution is -2.28. The zero-order valence-corrected chi connectivity index (χ0v) is 11.3. The molecule has 0 radical (unpaired) electrons. The fourth-order valence-corrected chi connectivity index (χ4v) is 1.79. The highest BCUT2D eigenvalue weighted by Crippen LogP contribution is 2.20. The molecule has 0 aliphatic heterocycles. The molecule has 0 bridgehead atoms. The molecule has 0 aromatic carbocycles. The van der Waals surface area contributed by atoms with E-state index < -0.39 is 0 Å². The second-order valence-electron chi connectivity index (χ2n) is 4.49. The van der Waals surface area contributed by atoms with Gasteiger partial charge in [0, 0.05) is 19.3 Å². The second kappa shape index (κ2) is 6.82. The Kier molecular flexibility index (Phi) is 5.40. The van der Waals surface area contributed by atoms with Crippen molar-refractivity contribution in [2.75, 3.05) is 44.4 Å². The van der Waals surface area contributed by atoms with Crippen LogP contribution in [0, 0.1) is 11.3 Å². The number of pyridine rings is 1. The molecule has 0 aliphatic rings. The summed E-state index contributed by atoms with van der Waals surface area (Å²) in [6.45, 7) is 4.88. The molecule has 0 fully saturated rings. The van der Waals surface area contributed by atoms with Crippen LogP contribution in [0.15, 0.2) is 12.3 Å². The fraction of sp³-hybridized carbons (Fsp3) is 0.538. The Bertz CT molecular complexity index is 422. The molecule has 98 valence electrons. The Morgan fingerprint density at radius 2 is 2.11 bits per heavy atom. The Morgan fingerprint density at radius 3 is 2.61 bits per heavy atom. The summed E-state index contributed by atoms with van der Waals surface area (Å²) in [5.41, 5.74) is 7.01. The van der Waals surface area contributed by atoms with Crippen molar-refractivity contribution < 1.29 is 0 Å². The smallest absolute Gasteiger partial charge is 0.151 e. The molecule has 18 heavy (non-hydrogen) atoms. The van der Waals surface area contributed by atoms with Crippen molar-refractivity contribution in [2.24, 2.45) is 0 Å². The van der Waals surface area contributed by atoms with Crippen molar-refractivity contribution in [3.05, 3.63) is 17.8 Å². The van der Waals surface area contributed by atoms with Gasteiger partial charge in [-0.2, -0.15) is 5.26 Å². The molecule has 1 aromatic heterocycles. The van der Waals surface area contributed by atoms with Crippen LogP contribution in [0.4, 0.5) is 11.5 Å². The van der Waals surface area contributed by atoms with Crippen LogP contribution in [0.5, 0.6) is 0 Å². The van der Waals surface area contributed by atoms with Gasteiger partial charge < -0.3 is 15.5 Å². The van der Waals surface area contributed by atoms with E-state index in [4.69, 9.17) is 11.0 Å². The molecular formula is C13H21N5. The Balaban J connectivity index is 2.73. The summed E-state index contributed by atoms with van der Waals surface area (Å²) in [7, 11) is 4.12. The SMILES string of the molecule is CCN(CCCN(C)C)c1ncc(C#N)cc1N. The van der Waals surface area contributed by atoms with Crippen molar-refractivity contribution in [3.63, 3.8) is 0 Å². The van der Waals surface area contributed by atoms with Crippen molar-refractivity contribution in [3.8, 4) is 6.07 Å².